The average Bonchev–Trinajstić information content (AvgIpc) is 2.38. The second-order valence-electron chi connectivity index (χ2n) is 4.61. The summed E-state index contributed by atoms with van der Waals surface area (Å²) in [5.41, 5.74) is 1.20. The molecule has 0 radical (unpaired) electrons. The fraction of sp³-hybridized carbons (Fsp3) is 0.200. The van der Waals surface area contributed by atoms with Crippen LogP contribution < -0.4 is 9.64 Å². The van der Waals surface area contributed by atoms with Gasteiger partial charge < -0.3 is 9.64 Å². The quantitative estimate of drug-likeness (QED) is 0.776. The van der Waals surface area contributed by atoms with E-state index in [1.807, 2.05) is 0 Å². The zero-order chi connectivity index (χ0) is 15.6. The molecule has 6 heteroatoms. The molecule has 0 atom stereocenters. The van der Waals surface area contributed by atoms with Gasteiger partial charge in [0.15, 0.2) is 5.82 Å². The molecule has 0 N–H and O–H groups in total. The molecular weight excluding hydrogens is 286 g/mol. The summed E-state index contributed by atoms with van der Waals surface area (Å²) in [6.45, 7) is 0. The number of rotatable bonds is 3. The van der Waals surface area contributed by atoms with E-state index in [9.17, 15) is 17.6 Å². The van der Waals surface area contributed by atoms with Crippen molar-refractivity contribution in [1.82, 2.24) is 0 Å². The van der Waals surface area contributed by atoms with Crippen molar-refractivity contribution in [2.75, 3.05) is 19.0 Å². The van der Waals surface area contributed by atoms with Gasteiger partial charge in [0.05, 0.1) is 5.69 Å². The van der Waals surface area contributed by atoms with Crippen molar-refractivity contribution in [3.8, 4) is 16.9 Å². The van der Waals surface area contributed by atoms with Crippen LogP contribution in [0, 0.1) is 5.82 Å². The standard InChI is InChI=1S/C15H13F4NO/c1-20(2)13-5-3-4-12(14(13)16)10-6-8-11(9-7-10)21-15(17,18)19/h3-9H,1-2H3. The summed E-state index contributed by atoms with van der Waals surface area (Å²) in [6.07, 6.45) is -4.74. The van der Waals surface area contributed by atoms with Gasteiger partial charge in [0.1, 0.15) is 5.75 Å². The summed E-state index contributed by atoms with van der Waals surface area (Å²) >= 11 is 0. The van der Waals surface area contributed by atoms with E-state index in [1.54, 1.807) is 37.2 Å². The van der Waals surface area contributed by atoms with Gasteiger partial charge in [-0.2, -0.15) is 0 Å². The molecule has 112 valence electrons. The first-order valence-electron chi connectivity index (χ1n) is 6.10. The number of hydrogen-bond acceptors (Lipinski definition) is 2. The molecule has 0 spiro atoms. The third-order valence-electron chi connectivity index (χ3n) is 2.86. The highest BCUT2D eigenvalue weighted by atomic mass is 19.4. The lowest BCUT2D eigenvalue weighted by atomic mass is 10.0. The van der Waals surface area contributed by atoms with E-state index in [4.69, 9.17) is 0 Å². The summed E-state index contributed by atoms with van der Waals surface area (Å²) in [4.78, 5) is 1.62. The summed E-state index contributed by atoms with van der Waals surface area (Å²) in [5, 5.41) is 0. The van der Waals surface area contributed by atoms with Crippen molar-refractivity contribution in [2.45, 2.75) is 6.36 Å². The van der Waals surface area contributed by atoms with Crippen LogP contribution in [-0.2, 0) is 0 Å². The number of ether oxygens (including phenoxy) is 1. The van der Waals surface area contributed by atoms with E-state index in [-0.39, 0.29) is 5.75 Å². The van der Waals surface area contributed by atoms with Gasteiger partial charge in [-0.05, 0) is 23.8 Å². The Morgan fingerprint density at radius 2 is 1.57 bits per heavy atom. The van der Waals surface area contributed by atoms with Gasteiger partial charge in [0.25, 0.3) is 0 Å². The number of anilines is 1. The van der Waals surface area contributed by atoms with Crippen molar-refractivity contribution in [3.63, 3.8) is 0 Å². The molecule has 2 aromatic rings. The minimum Gasteiger partial charge on any atom is -0.406 e. The van der Waals surface area contributed by atoms with E-state index >= 15 is 0 Å². The Morgan fingerprint density at radius 3 is 2.10 bits per heavy atom. The molecule has 0 unspecified atom stereocenters. The van der Waals surface area contributed by atoms with Crippen molar-refractivity contribution >= 4 is 5.69 Å². The number of alkyl halides is 3. The van der Waals surface area contributed by atoms with Crippen LogP contribution in [0.1, 0.15) is 0 Å². The van der Waals surface area contributed by atoms with E-state index in [2.05, 4.69) is 4.74 Å². The molecule has 0 aliphatic carbocycles. The third-order valence-corrected chi connectivity index (χ3v) is 2.86. The monoisotopic (exact) mass is 299 g/mol. The molecule has 0 aliphatic heterocycles. The molecule has 2 nitrogen and oxygen atoms in total. The zero-order valence-electron chi connectivity index (χ0n) is 11.4. The van der Waals surface area contributed by atoms with Crippen molar-refractivity contribution in [2.24, 2.45) is 0 Å². The lowest BCUT2D eigenvalue weighted by Crippen LogP contribution is -2.16. The minimum atomic E-state index is -4.74. The maximum Gasteiger partial charge on any atom is 0.573 e. The molecule has 0 saturated heterocycles. The molecule has 0 heterocycles. The molecular formula is C15H13F4NO. The van der Waals surface area contributed by atoms with Crippen molar-refractivity contribution in [1.29, 1.82) is 0 Å². The van der Waals surface area contributed by atoms with Crippen LogP contribution in [0.3, 0.4) is 0 Å². The number of nitrogens with zero attached hydrogens (tertiary/aromatic N) is 1. The van der Waals surface area contributed by atoms with Crippen LogP contribution in [-0.4, -0.2) is 20.5 Å². The van der Waals surface area contributed by atoms with Gasteiger partial charge in [-0.25, -0.2) is 4.39 Å². The Bertz CT molecular complexity index is 621. The molecule has 0 amide bonds. The van der Waals surface area contributed by atoms with E-state index < -0.39 is 12.2 Å². The topological polar surface area (TPSA) is 12.5 Å². The second kappa shape index (κ2) is 5.63. The fourth-order valence-corrected chi connectivity index (χ4v) is 1.92. The molecule has 0 bridgehead atoms. The number of hydrogen-bond donors (Lipinski definition) is 0. The highest BCUT2D eigenvalue weighted by Gasteiger charge is 2.31. The fourth-order valence-electron chi connectivity index (χ4n) is 1.92. The van der Waals surface area contributed by atoms with Gasteiger partial charge >= 0.3 is 6.36 Å². The molecule has 0 aromatic heterocycles. The molecule has 0 aliphatic rings. The van der Waals surface area contributed by atoms with Crippen LogP contribution in [0.4, 0.5) is 23.2 Å². The lowest BCUT2D eigenvalue weighted by molar-refractivity contribution is -0.274. The highest BCUT2D eigenvalue weighted by Crippen LogP contribution is 2.31. The Morgan fingerprint density at radius 1 is 0.952 bits per heavy atom. The Kier molecular flexibility index (Phi) is 4.06. The van der Waals surface area contributed by atoms with Gasteiger partial charge in [-0.1, -0.05) is 24.3 Å². The molecule has 2 rings (SSSR count). The maximum absolute atomic E-state index is 14.3. The van der Waals surface area contributed by atoms with E-state index in [1.165, 1.54) is 12.1 Å². The van der Waals surface area contributed by atoms with Gasteiger partial charge in [0, 0.05) is 19.7 Å². The van der Waals surface area contributed by atoms with Gasteiger partial charge in [-0.15, -0.1) is 13.2 Å². The first kappa shape index (κ1) is 15.2. The maximum atomic E-state index is 14.3. The normalized spacial score (nSPS) is 11.3. The average molecular weight is 299 g/mol. The zero-order valence-corrected chi connectivity index (χ0v) is 11.4. The van der Waals surface area contributed by atoms with Crippen LogP contribution in [0.15, 0.2) is 42.5 Å². The third kappa shape index (κ3) is 3.65. The smallest absolute Gasteiger partial charge is 0.406 e. The van der Waals surface area contributed by atoms with Gasteiger partial charge in [-0.3, -0.25) is 0 Å². The molecule has 2 aromatic carbocycles. The van der Waals surface area contributed by atoms with Crippen molar-refractivity contribution in [3.05, 3.63) is 48.3 Å². The van der Waals surface area contributed by atoms with Gasteiger partial charge in [0.2, 0.25) is 0 Å². The number of benzene rings is 2. The Labute approximate surface area is 119 Å². The predicted octanol–water partition coefficient (Wildman–Crippen LogP) is 4.46. The summed E-state index contributed by atoms with van der Waals surface area (Å²) in [6, 6.07) is 9.98. The lowest BCUT2D eigenvalue weighted by Gasteiger charge is -2.16. The van der Waals surface area contributed by atoms with E-state index in [0.29, 0.717) is 16.8 Å². The van der Waals surface area contributed by atoms with Crippen LogP contribution >= 0.6 is 0 Å². The summed E-state index contributed by atoms with van der Waals surface area (Å²) in [5.74, 6) is -0.762. The number of halogens is 4. The highest BCUT2D eigenvalue weighted by molar-refractivity contribution is 5.70. The van der Waals surface area contributed by atoms with E-state index in [0.717, 1.165) is 12.1 Å². The van der Waals surface area contributed by atoms with Crippen LogP contribution in [0.25, 0.3) is 11.1 Å². The second-order valence-corrected chi connectivity index (χ2v) is 4.61. The summed E-state index contributed by atoms with van der Waals surface area (Å²) in [7, 11) is 3.42. The summed E-state index contributed by atoms with van der Waals surface area (Å²) < 4.78 is 54.4. The minimum absolute atomic E-state index is 0.319. The molecule has 0 saturated carbocycles. The Hall–Kier alpha value is -2.24. The molecule has 0 fully saturated rings. The SMILES string of the molecule is CN(C)c1cccc(-c2ccc(OC(F)(F)F)cc2)c1F. The van der Waals surface area contributed by atoms with Crippen LogP contribution in [0.2, 0.25) is 0 Å². The molecule has 21 heavy (non-hydrogen) atoms. The Balaban J connectivity index is 2.33. The first-order chi connectivity index (χ1) is 9.78. The van der Waals surface area contributed by atoms with Crippen molar-refractivity contribution < 1.29 is 22.3 Å². The largest absolute Gasteiger partial charge is 0.573 e. The first-order valence-corrected chi connectivity index (χ1v) is 6.10. The van der Waals surface area contributed by atoms with Crippen LogP contribution in [0.5, 0.6) is 5.75 Å². The predicted molar refractivity (Wildman–Crippen MR) is 72.8 cm³/mol.